The summed E-state index contributed by atoms with van der Waals surface area (Å²) < 4.78 is 11.4. The summed E-state index contributed by atoms with van der Waals surface area (Å²) in [6, 6.07) is 15.3. The third-order valence-corrected chi connectivity index (χ3v) is 5.75. The van der Waals surface area contributed by atoms with E-state index >= 15 is 0 Å². The molecule has 1 aromatic heterocycles. The molecule has 1 N–H and O–H groups in total. The van der Waals surface area contributed by atoms with Gasteiger partial charge in [-0.05, 0) is 61.9 Å². The number of anilines is 1. The number of nitrogens with zero attached hydrogens (tertiary/aromatic N) is 1. The number of fused-ring (bicyclic) bond motifs is 1. The van der Waals surface area contributed by atoms with Gasteiger partial charge in [0.2, 0.25) is 0 Å². The van der Waals surface area contributed by atoms with Crippen LogP contribution in [0.2, 0.25) is 0 Å². The molecule has 5 rings (SSSR count). The number of Topliss-reactive ketones (excluding diaryl/α,β-unsaturated/α-hetero) is 1. The highest BCUT2D eigenvalue weighted by Crippen LogP contribution is 2.43. The molecule has 156 valence electrons. The molecule has 1 unspecified atom stereocenters. The van der Waals surface area contributed by atoms with E-state index in [0.717, 1.165) is 23.3 Å². The van der Waals surface area contributed by atoms with Crippen LogP contribution in [0.25, 0.3) is 5.76 Å². The highest BCUT2D eigenvalue weighted by Gasteiger charge is 2.48. The zero-order valence-corrected chi connectivity index (χ0v) is 17.2. The van der Waals surface area contributed by atoms with Crippen molar-refractivity contribution in [3.05, 3.63) is 88.4 Å². The normalized spacial score (nSPS) is 19.5. The molecule has 1 amide bonds. The van der Waals surface area contributed by atoms with E-state index in [4.69, 9.17) is 9.15 Å². The molecule has 31 heavy (non-hydrogen) atoms. The average molecular weight is 415 g/mol. The average Bonchev–Trinajstić information content (AvgIpc) is 3.47. The maximum absolute atomic E-state index is 13.1. The summed E-state index contributed by atoms with van der Waals surface area (Å²) >= 11 is 0. The van der Waals surface area contributed by atoms with Crippen molar-refractivity contribution < 1.29 is 23.8 Å². The van der Waals surface area contributed by atoms with Gasteiger partial charge in [-0.1, -0.05) is 17.7 Å². The Labute approximate surface area is 179 Å². The number of hydrogen-bond donors (Lipinski definition) is 1. The minimum Gasteiger partial charge on any atom is -0.507 e. The molecule has 6 heteroatoms. The van der Waals surface area contributed by atoms with Crippen LogP contribution in [0.5, 0.6) is 5.75 Å². The van der Waals surface area contributed by atoms with E-state index in [1.165, 1.54) is 4.90 Å². The molecule has 0 aliphatic carbocycles. The van der Waals surface area contributed by atoms with E-state index in [2.05, 4.69) is 0 Å². The lowest BCUT2D eigenvalue weighted by Crippen LogP contribution is -2.29. The summed E-state index contributed by atoms with van der Waals surface area (Å²) in [5.41, 5.74) is 3.04. The van der Waals surface area contributed by atoms with Gasteiger partial charge in [-0.15, -0.1) is 0 Å². The van der Waals surface area contributed by atoms with Crippen molar-refractivity contribution in [3.63, 3.8) is 0 Å². The van der Waals surface area contributed by atoms with Gasteiger partial charge in [-0.2, -0.15) is 0 Å². The highest BCUT2D eigenvalue weighted by atomic mass is 16.5. The number of hydrogen-bond acceptors (Lipinski definition) is 5. The molecule has 1 saturated heterocycles. The number of aliphatic hydroxyl groups excluding tert-OH is 1. The molecule has 3 aromatic rings. The SMILES string of the molecule is Cc1ccc(N2C(=O)C(=O)/C(=C(\O)c3ccc4c(c3)CCO4)C2c2ccc(C)o2)cc1. The van der Waals surface area contributed by atoms with Gasteiger partial charge >= 0.3 is 0 Å². The first-order valence-corrected chi connectivity index (χ1v) is 10.1. The van der Waals surface area contributed by atoms with Gasteiger partial charge in [0.25, 0.3) is 11.7 Å². The molecule has 0 bridgehead atoms. The molecule has 0 saturated carbocycles. The minimum atomic E-state index is -0.860. The molecular formula is C25H21NO5. The Hall–Kier alpha value is -3.80. The lowest BCUT2D eigenvalue weighted by atomic mass is 9.97. The van der Waals surface area contributed by atoms with Crippen molar-refractivity contribution in [1.29, 1.82) is 0 Å². The monoisotopic (exact) mass is 415 g/mol. The Kier molecular flexibility index (Phi) is 4.43. The minimum absolute atomic E-state index is 0.0128. The van der Waals surface area contributed by atoms with Crippen molar-refractivity contribution in [2.45, 2.75) is 26.3 Å². The highest BCUT2D eigenvalue weighted by molar-refractivity contribution is 6.51. The predicted molar refractivity (Wildman–Crippen MR) is 115 cm³/mol. The van der Waals surface area contributed by atoms with E-state index in [1.807, 2.05) is 19.1 Å². The van der Waals surface area contributed by atoms with Crippen LogP contribution >= 0.6 is 0 Å². The summed E-state index contributed by atoms with van der Waals surface area (Å²) in [6.07, 6.45) is 0.731. The van der Waals surface area contributed by atoms with E-state index in [-0.39, 0.29) is 11.3 Å². The second-order valence-electron chi connectivity index (χ2n) is 7.87. The summed E-state index contributed by atoms with van der Waals surface area (Å²) in [5.74, 6) is 0.182. The number of ketones is 1. The number of aliphatic hydroxyl groups is 1. The smallest absolute Gasteiger partial charge is 0.300 e. The number of rotatable bonds is 3. The summed E-state index contributed by atoms with van der Waals surface area (Å²) in [4.78, 5) is 27.6. The number of furan rings is 1. The molecule has 1 atom stereocenters. The van der Waals surface area contributed by atoms with Crippen molar-refractivity contribution in [2.75, 3.05) is 11.5 Å². The first-order chi connectivity index (χ1) is 14.9. The lowest BCUT2D eigenvalue weighted by Gasteiger charge is -2.23. The molecule has 3 heterocycles. The first-order valence-electron chi connectivity index (χ1n) is 10.1. The molecule has 1 fully saturated rings. The topological polar surface area (TPSA) is 80.0 Å². The fourth-order valence-corrected chi connectivity index (χ4v) is 4.16. The standard InChI is InChI=1S/C25H21NO5/c1-14-3-7-18(8-4-14)26-22(20-9-5-15(2)31-20)21(24(28)25(26)29)23(27)17-6-10-19-16(13-17)11-12-30-19/h3-10,13,22,27H,11-12H2,1-2H3/b23-21-. The second kappa shape index (κ2) is 7.16. The van der Waals surface area contributed by atoms with Crippen molar-refractivity contribution in [1.82, 2.24) is 0 Å². The number of amides is 1. The molecule has 2 aromatic carbocycles. The maximum Gasteiger partial charge on any atom is 0.300 e. The number of benzene rings is 2. The fraction of sp³-hybridized carbons (Fsp3) is 0.200. The summed E-state index contributed by atoms with van der Waals surface area (Å²) in [6.45, 7) is 4.33. The number of carbonyl (C=O) groups excluding carboxylic acids is 2. The zero-order chi connectivity index (χ0) is 21.7. The van der Waals surface area contributed by atoms with Crippen LogP contribution in [0.15, 0.2) is 64.6 Å². The molecule has 0 radical (unpaired) electrons. The largest absolute Gasteiger partial charge is 0.507 e. The van der Waals surface area contributed by atoms with Crippen molar-refractivity contribution in [2.24, 2.45) is 0 Å². The number of carbonyl (C=O) groups is 2. The Bertz CT molecular complexity index is 1240. The Morgan fingerprint density at radius 1 is 1.03 bits per heavy atom. The van der Waals surface area contributed by atoms with E-state index in [0.29, 0.717) is 29.4 Å². The predicted octanol–water partition coefficient (Wildman–Crippen LogP) is 4.46. The van der Waals surface area contributed by atoms with Crippen LogP contribution in [-0.4, -0.2) is 23.4 Å². The van der Waals surface area contributed by atoms with Crippen LogP contribution in [-0.2, 0) is 16.0 Å². The summed E-state index contributed by atoms with van der Waals surface area (Å²) in [7, 11) is 0. The van der Waals surface area contributed by atoms with Gasteiger partial charge in [0.1, 0.15) is 29.1 Å². The molecule has 2 aliphatic rings. The third kappa shape index (κ3) is 3.11. The lowest BCUT2D eigenvalue weighted by molar-refractivity contribution is -0.132. The van der Waals surface area contributed by atoms with Crippen LogP contribution in [0.4, 0.5) is 5.69 Å². The summed E-state index contributed by atoms with van der Waals surface area (Å²) in [5, 5.41) is 11.2. The first kappa shape index (κ1) is 19.2. The Morgan fingerprint density at radius 2 is 1.81 bits per heavy atom. The van der Waals surface area contributed by atoms with Crippen LogP contribution in [0.1, 0.15) is 34.3 Å². The molecule has 2 aliphatic heterocycles. The third-order valence-electron chi connectivity index (χ3n) is 5.75. The van der Waals surface area contributed by atoms with Gasteiger partial charge in [0.15, 0.2) is 0 Å². The van der Waals surface area contributed by atoms with Crippen LogP contribution in [0.3, 0.4) is 0 Å². The molecule has 0 spiro atoms. The Balaban J connectivity index is 1.69. The van der Waals surface area contributed by atoms with Crippen LogP contribution in [0, 0.1) is 13.8 Å². The van der Waals surface area contributed by atoms with Gasteiger partial charge in [-0.3, -0.25) is 14.5 Å². The number of aryl methyl sites for hydroxylation is 2. The molecular weight excluding hydrogens is 394 g/mol. The van der Waals surface area contributed by atoms with Crippen molar-refractivity contribution in [3.8, 4) is 5.75 Å². The van der Waals surface area contributed by atoms with E-state index in [9.17, 15) is 14.7 Å². The van der Waals surface area contributed by atoms with Gasteiger partial charge in [0.05, 0.1) is 12.2 Å². The van der Waals surface area contributed by atoms with E-state index < -0.39 is 17.7 Å². The molecule has 6 nitrogen and oxygen atoms in total. The van der Waals surface area contributed by atoms with Crippen molar-refractivity contribution >= 4 is 23.1 Å². The van der Waals surface area contributed by atoms with E-state index in [1.54, 1.807) is 49.4 Å². The fourth-order valence-electron chi connectivity index (χ4n) is 4.16. The maximum atomic E-state index is 13.1. The van der Waals surface area contributed by atoms with Gasteiger partial charge in [0, 0.05) is 17.7 Å². The quantitative estimate of drug-likeness (QED) is 0.388. The van der Waals surface area contributed by atoms with Crippen LogP contribution < -0.4 is 9.64 Å². The Morgan fingerprint density at radius 3 is 2.52 bits per heavy atom. The second-order valence-corrected chi connectivity index (χ2v) is 7.87. The van der Waals surface area contributed by atoms with Gasteiger partial charge < -0.3 is 14.3 Å². The number of ether oxygens (including phenoxy) is 1. The van der Waals surface area contributed by atoms with Gasteiger partial charge in [-0.25, -0.2) is 0 Å². The zero-order valence-electron chi connectivity index (χ0n) is 17.2.